The van der Waals surface area contributed by atoms with Crippen LogP contribution in [0.1, 0.15) is 26.3 Å². The van der Waals surface area contributed by atoms with Gasteiger partial charge in [0.05, 0.1) is 30.0 Å². The van der Waals surface area contributed by atoms with E-state index in [-0.39, 0.29) is 27.8 Å². The first-order valence-corrected chi connectivity index (χ1v) is 10.5. The number of aromatic nitrogens is 1. The molecule has 4 rings (SSSR count). The van der Waals surface area contributed by atoms with Crippen molar-refractivity contribution in [1.29, 1.82) is 0 Å². The van der Waals surface area contributed by atoms with E-state index in [0.717, 1.165) is 12.1 Å². The predicted molar refractivity (Wildman–Crippen MR) is 123 cm³/mol. The molecule has 1 fully saturated rings. The second-order valence-electron chi connectivity index (χ2n) is 7.82. The lowest BCUT2D eigenvalue weighted by Gasteiger charge is -2.27. The maximum absolute atomic E-state index is 14.0. The van der Waals surface area contributed by atoms with Crippen molar-refractivity contribution in [2.75, 3.05) is 44.0 Å². The number of carbonyl (C=O) groups is 2. The summed E-state index contributed by atoms with van der Waals surface area (Å²) in [6.07, 6.45) is 0. The van der Waals surface area contributed by atoms with Crippen LogP contribution in [0.5, 0.6) is 5.75 Å². The maximum Gasteiger partial charge on any atom is 0.335 e. The number of nitrogens with one attached hydrogen (secondary N) is 3. The van der Waals surface area contributed by atoms with Crippen LogP contribution in [0, 0.1) is 5.82 Å². The van der Waals surface area contributed by atoms with Crippen molar-refractivity contribution < 1.29 is 28.9 Å². The Hall–Kier alpha value is -3.96. The third-order valence-electron chi connectivity index (χ3n) is 5.66. The van der Waals surface area contributed by atoms with Crippen molar-refractivity contribution in [1.82, 2.24) is 9.88 Å². The molecule has 34 heavy (non-hydrogen) atoms. The van der Waals surface area contributed by atoms with Crippen LogP contribution in [0.15, 0.2) is 35.1 Å². The van der Waals surface area contributed by atoms with Crippen LogP contribution in [0.2, 0.25) is 0 Å². The lowest BCUT2D eigenvalue weighted by Crippen LogP contribution is -2.36. The number of carbonyl (C=O) groups excluding carboxylic acids is 1. The number of anilines is 2. The van der Waals surface area contributed by atoms with Crippen LogP contribution < -0.4 is 16.2 Å². The monoisotopic (exact) mass is 470 g/mol. The van der Waals surface area contributed by atoms with E-state index in [0.29, 0.717) is 38.4 Å². The second kappa shape index (κ2) is 9.49. The highest BCUT2D eigenvalue weighted by Gasteiger charge is 2.23. The number of carboxylic acid groups (broad SMARTS) is 1. The van der Waals surface area contributed by atoms with Crippen LogP contribution >= 0.6 is 0 Å². The molecule has 0 spiro atoms. The normalized spacial score (nSPS) is 14.2. The van der Waals surface area contributed by atoms with Gasteiger partial charge in [-0.15, -0.1) is 0 Å². The molecular weight excluding hydrogens is 447 g/mol. The molecule has 0 atom stereocenters. The van der Waals surface area contributed by atoms with E-state index < -0.39 is 34.6 Å². The van der Waals surface area contributed by atoms with Gasteiger partial charge in [0.1, 0.15) is 17.1 Å². The molecule has 3 aromatic rings. The molecule has 0 unspecified atom stereocenters. The summed E-state index contributed by atoms with van der Waals surface area (Å²) in [5.41, 5.74) is -0.191. The number of aromatic amines is 1. The first-order chi connectivity index (χ1) is 16.3. The fourth-order valence-electron chi connectivity index (χ4n) is 3.92. The number of amides is 1. The SMILES string of the molecule is CNc1cc(F)cc2c(O)c(C(=O)Nc3ccc(C(=O)O)cc3CN3CCOCC3)c(=O)[nH]c12. The second-order valence-corrected chi connectivity index (χ2v) is 7.82. The molecule has 0 bridgehead atoms. The minimum atomic E-state index is -1.12. The summed E-state index contributed by atoms with van der Waals surface area (Å²) in [7, 11) is 1.53. The van der Waals surface area contributed by atoms with E-state index >= 15 is 0 Å². The summed E-state index contributed by atoms with van der Waals surface area (Å²) in [6.45, 7) is 2.68. The Morgan fingerprint density at radius 2 is 1.91 bits per heavy atom. The number of ether oxygens (including phenoxy) is 1. The van der Waals surface area contributed by atoms with Gasteiger partial charge in [0.2, 0.25) is 0 Å². The summed E-state index contributed by atoms with van der Waals surface area (Å²) in [5, 5.41) is 25.4. The molecule has 0 radical (unpaired) electrons. The number of halogens is 1. The Morgan fingerprint density at radius 3 is 2.59 bits per heavy atom. The number of benzene rings is 2. The minimum absolute atomic E-state index is 0.0381. The molecule has 1 aliphatic heterocycles. The average Bonchev–Trinajstić information content (AvgIpc) is 2.81. The molecule has 1 aromatic heterocycles. The number of H-pyrrole nitrogens is 1. The van der Waals surface area contributed by atoms with Gasteiger partial charge < -0.3 is 30.6 Å². The van der Waals surface area contributed by atoms with Crippen molar-refractivity contribution >= 4 is 34.2 Å². The Labute approximate surface area is 193 Å². The molecule has 0 aliphatic carbocycles. The molecule has 2 aromatic carbocycles. The highest BCUT2D eigenvalue weighted by molar-refractivity contribution is 6.10. The number of aromatic carboxylic acids is 1. The van der Waals surface area contributed by atoms with Crippen molar-refractivity contribution in [3.63, 3.8) is 0 Å². The Balaban J connectivity index is 1.72. The Bertz CT molecular complexity index is 1330. The zero-order valence-electron chi connectivity index (χ0n) is 18.3. The van der Waals surface area contributed by atoms with Gasteiger partial charge in [0, 0.05) is 37.8 Å². The number of rotatable bonds is 6. The van der Waals surface area contributed by atoms with Crippen molar-refractivity contribution in [3.05, 3.63) is 63.2 Å². The molecule has 178 valence electrons. The standard InChI is InChI=1S/C23H23FN4O6/c1-25-17-10-14(24)9-15-19(17)27-22(31)18(20(15)29)21(30)26-16-3-2-12(23(32)33)8-13(16)11-28-4-6-34-7-5-28/h2-3,8-10,25H,4-7,11H2,1H3,(H,26,30)(H,32,33)(H2,27,29,31). The number of pyridine rings is 1. The quantitative estimate of drug-likeness (QED) is 0.369. The minimum Gasteiger partial charge on any atom is -0.506 e. The van der Waals surface area contributed by atoms with Gasteiger partial charge in [-0.25, -0.2) is 9.18 Å². The van der Waals surface area contributed by atoms with Gasteiger partial charge >= 0.3 is 5.97 Å². The van der Waals surface area contributed by atoms with Gasteiger partial charge in [-0.2, -0.15) is 0 Å². The largest absolute Gasteiger partial charge is 0.506 e. The number of fused-ring (bicyclic) bond motifs is 1. The summed E-state index contributed by atoms with van der Waals surface area (Å²) >= 11 is 0. The third-order valence-corrected chi connectivity index (χ3v) is 5.66. The van der Waals surface area contributed by atoms with E-state index in [9.17, 15) is 29.0 Å². The van der Waals surface area contributed by atoms with Gasteiger partial charge in [-0.05, 0) is 35.9 Å². The van der Waals surface area contributed by atoms with E-state index in [4.69, 9.17) is 4.74 Å². The van der Waals surface area contributed by atoms with Crippen LogP contribution in [0.25, 0.3) is 10.9 Å². The molecule has 1 amide bonds. The number of hydrogen-bond acceptors (Lipinski definition) is 7. The number of aromatic hydroxyl groups is 1. The molecule has 1 saturated heterocycles. The maximum atomic E-state index is 14.0. The topological polar surface area (TPSA) is 144 Å². The molecule has 0 saturated carbocycles. The summed E-state index contributed by atoms with van der Waals surface area (Å²) in [6, 6.07) is 6.39. The van der Waals surface area contributed by atoms with Crippen molar-refractivity contribution in [2.24, 2.45) is 0 Å². The third kappa shape index (κ3) is 4.56. The zero-order valence-corrected chi connectivity index (χ0v) is 18.3. The summed E-state index contributed by atoms with van der Waals surface area (Å²) in [4.78, 5) is 41.8. The van der Waals surface area contributed by atoms with Crippen LogP contribution in [0.4, 0.5) is 15.8 Å². The molecular formula is C23H23FN4O6. The average molecular weight is 470 g/mol. The number of hydrogen-bond donors (Lipinski definition) is 5. The fraction of sp³-hybridized carbons (Fsp3) is 0.261. The molecule has 5 N–H and O–H groups in total. The first-order valence-electron chi connectivity index (χ1n) is 10.5. The molecule has 1 aliphatic rings. The van der Waals surface area contributed by atoms with Crippen LogP contribution in [0.3, 0.4) is 0 Å². The van der Waals surface area contributed by atoms with E-state index in [1.54, 1.807) is 0 Å². The smallest absolute Gasteiger partial charge is 0.335 e. The van der Waals surface area contributed by atoms with Gasteiger partial charge in [0.25, 0.3) is 11.5 Å². The summed E-state index contributed by atoms with van der Waals surface area (Å²) in [5.74, 6) is -3.36. The van der Waals surface area contributed by atoms with Crippen LogP contribution in [-0.4, -0.2) is 65.3 Å². The van der Waals surface area contributed by atoms with Gasteiger partial charge in [0.15, 0.2) is 0 Å². The molecule has 2 heterocycles. The highest BCUT2D eigenvalue weighted by atomic mass is 19.1. The number of nitrogens with zero attached hydrogens (tertiary/aromatic N) is 1. The molecule has 11 heteroatoms. The van der Waals surface area contributed by atoms with Gasteiger partial charge in [-0.3, -0.25) is 14.5 Å². The van der Waals surface area contributed by atoms with Crippen LogP contribution in [-0.2, 0) is 11.3 Å². The fourth-order valence-corrected chi connectivity index (χ4v) is 3.92. The van der Waals surface area contributed by atoms with Crippen molar-refractivity contribution in [3.8, 4) is 5.75 Å². The predicted octanol–water partition coefficient (Wildman–Crippen LogP) is 2.20. The summed E-state index contributed by atoms with van der Waals surface area (Å²) < 4.78 is 19.4. The van der Waals surface area contributed by atoms with Crippen molar-refractivity contribution in [2.45, 2.75) is 6.54 Å². The Kier molecular flexibility index (Phi) is 6.48. The highest BCUT2D eigenvalue weighted by Crippen LogP contribution is 2.31. The van der Waals surface area contributed by atoms with E-state index in [2.05, 4.69) is 15.6 Å². The lowest BCUT2D eigenvalue weighted by molar-refractivity contribution is 0.0342. The van der Waals surface area contributed by atoms with E-state index in [1.807, 2.05) is 4.90 Å². The molecule has 10 nitrogen and oxygen atoms in total. The lowest BCUT2D eigenvalue weighted by atomic mass is 10.1. The zero-order chi connectivity index (χ0) is 24.4. The van der Waals surface area contributed by atoms with Gasteiger partial charge in [-0.1, -0.05) is 0 Å². The first kappa shape index (κ1) is 23.2. The Morgan fingerprint density at radius 1 is 1.18 bits per heavy atom. The van der Waals surface area contributed by atoms with E-state index in [1.165, 1.54) is 25.2 Å². The number of carboxylic acids is 1. The number of morpholine rings is 1.